The van der Waals surface area contributed by atoms with Crippen molar-refractivity contribution in [2.45, 2.75) is 35.8 Å². The van der Waals surface area contributed by atoms with E-state index in [9.17, 15) is 35.8 Å². The molecule has 4 N–H and O–H groups in total. The van der Waals surface area contributed by atoms with Crippen molar-refractivity contribution in [3.05, 3.63) is 119 Å². The van der Waals surface area contributed by atoms with Gasteiger partial charge in [-0.2, -0.15) is 8.78 Å². The summed E-state index contributed by atoms with van der Waals surface area (Å²) in [5, 5.41) is 24.3. The van der Waals surface area contributed by atoms with Crippen molar-refractivity contribution in [1.29, 1.82) is 0 Å². The first-order valence-corrected chi connectivity index (χ1v) is 17.0. The molecule has 9 nitrogen and oxygen atoms in total. The second kappa shape index (κ2) is 14.2. The number of aliphatic hydroxyl groups is 1. The molecule has 2 atom stereocenters. The van der Waals surface area contributed by atoms with Gasteiger partial charge < -0.3 is 20.3 Å². The predicted octanol–water partition coefficient (Wildman–Crippen LogP) is 4.95. The average Bonchev–Trinajstić information content (AvgIpc) is 2.97. The number of ether oxygens (including phenoxy) is 1. The Bertz CT molecular complexity index is 1770. The predicted molar refractivity (Wildman–Crippen MR) is 163 cm³/mol. The van der Waals surface area contributed by atoms with E-state index in [4.69, 9.17) is 0 Å². The summed E-state index contributed by atoms with van der Waals surface area (Å²) in [4.78, 5) is 0.195. The molecule has 0 amide bonds. The lowest BCUT2D eigenvalue weighted by Gasteiger charge is -2.23. The number of sulfone groups is 1. The van der Waals surface area contributed by atoms with E-state index in [-0.39, 0.29) is 40.8 Å². The first-order valence-electron chi connectivity index (χ1n) is 13.4. The van der Waals surface area contributed by atoms with Crippen molar-refractivity contribution >= 4 is 25.5 Å². The molecule has 0 aliphatic heterocycles. The van der Waals surface area contributed by atoms with E-state index in [2.05, 4.69) is 14.8 Å². The van der Waals surface area contributed by atoms with Gasteiger partial charge >= 0.3 is 6.61 Å². The molecule has 234 valence electrons. The molecule has 0 spiro atoms. The first-order chi connectivity index (χ1) is 20.8. The van der Waals surface area contributed by atoms with Crippen LogP contribution in [-0.2, 0) is 32.0 Å². The second-order valence-corrected chi connectivity index (χ2v) is 13.9. The zero-order valence-corrected chi connectivity index (χ0v) is 25.2. The van der Waals surface area contributed by atoms with Crippen LogP contribution in [0.15, 0.2) is 102 Å². The summed E-state index contributed by atoms with van der Waals surface area (Å²) >= 11 is 0. The molecule has 0 heterocycles. The Hall–Kier alpha value is -4.04. The van der Waals surface area contributed by atoms with Crippen LogP contribution in [0.1, 0.15) is 34.4 Å². The number of anilines is 1. The highest BCUT2D eigenvalue weighted by atomic mass is 32.2. The summed E-state index contributed by atoms with van der Waals surface area (Å²) in [6, 6.07) is 24.7. The second-order valence-electron chi connectivity index (χ2n) is 10.1. The van der Waals surface area contributed by atoms with Gasteiger partial charge in [0.25, 0.3) is 0 Å². The number of sulfonamides is 1. The summed E-state index contributed by atoms with van der Waals surface area (Å²) in [7, 11) is -7.35. The molecule has 0 fully saturated rings. The number of hydrogen-bond acceptors (Lipinski definition) is 8. The fraction of sp³-hybridized carbons (Fsp3) is 0.226. The van der Waals surface area contributed by atoms with Gasteiger partial charge in [-0.1, -0.05) is 60.7 Å². The number of phenolic OH excluding ortho intramolecular Hbond substituents is 1. The topological polar surface area (TPSA) is 142 Å². The van der Waals surface area contributed by atoms with E-state index >= 15 is 0 Å². The van der Waals surface area contributed by atoms with Crippen molar-refractivity contribution in [2.75, 3.05) is 17.5 Å². The SMILES string of the molecule is CS(=O)(=O)Nc1cc([C@@H](O)CNC(Cc2ccccc2CS(=O)(=O)c2ccccc2)c2ccc(OC(F)F)cc2)ccc1O. The minimum Gasteiger partial charge on any atom is -0.506 e. The Labute approximate surface area is 255 Å². The van der Waals surface area contributed by atoms with E-state index in [1.165, 1.54) is 42.5 Å². The lowest BCUT2D eigenvalue weighted by molar-refractivity contribution is -0.0498. The Morgan fingerprint density at radius 3 is 2.07 bits per heavy atom. The van der Waals surface area contributed by atoms with Gasteiger partial charge in [0.1, 0.15) is 11.5 Å². The number of rotatable bonds is 14. The first kappa shape index (κ1) is 32.9. The van der Waals surface area contributed by atoms with Gasteiger partial charge in [0.05, 0.1) is 28.7 Å². The highest BCUT2D eigenvalue weighted by Crippen LogP contribution is 2.30. The maximum atomic E-state index is 13.2. The van der Waals surface area contributed by atoms with Crippen LogP contribution in [0.2, 0.25) is 0 Å². The van der Waals surface area contributed by atoms with Crippen LogP contribution >= 0.6 is 0 Å². The lowest BCUT2D eigenvalue weighted by Crippen LogP contribution is -2.28. The summed E-state index contributed by atoms with van der Waals surface area (Å²) in [5.41, 5.74) is 2.18. The molecule has 0 bridgehead atoms. The average molecular weight is 647 g/mol. The number of phenols is 1. The Kier molecular flexibility index (Phi) is 10.6. The molecule has 13 heteroatoms. The van der Waals surface area contributed by atoms with Crippen molar-refractivity contribution in [3.8, 4) is 11.5 Å². The summed E-state index contributed by atoms with van der Waals surface area (Å²) in [6.45, 7) is -3.02. The molecule has 0 aliphatic carbocycles. The van der Waals surface area contributed by atoms with Crippen molar-refractivity contribution in [2.24, 2.45) is 0 Å². The molecule has 0 aliphatic rings. The normalized spacial score (nSPS) is 13.4. The van der Waals surface area contributed by atoms with E-state index in [1.807, 2.05) is 0 Å². The Morgan fingerprint density at radius 1 is 0.818 bits per heavy atom. The van der Waals surface area contributed by atoms with E-state index in [0.29, 0.717) is 16.7 Å². The van der Waals surface area contributed by atoms with Gasteiger partial charge in [-0.05, 0) is 65.1 Å². The monoisotopic (exact) mass is 646 g/mol. The van der Waals surface area contributed by atoms with Gasteiger partial charge in [-0.15, -0.1) is 0 Å². The third kappa shape index (κ3) is 9.23. The van der Waals surface area contributed by atoms with E-state index in [0.717, 1.165) is 11.8 Å². The van der Waals surface area contributed by atoms with Crippen LogP contribution < -0.4 is 14.8 Å². The zero-order valence-electron chi connectivity index (χ0n) is 23.6. The largest absolute Gasteiger partial charge is 0.506 e. The van der Waals surface area contributed by atoms with Crippen molar-refractivity contribution < 1.29 is 40.6 Å². The summed E-state index contributed by atoms with van der Waals surface area (Å²) in [5.74, 6) is -0.592. The molecular formula is C31H32F2N2O7S2. The molecule has 0 saturated carbocycles. The highest BCUT2D eigenvalue weighted by Gasteiger charge is 2.21. The standard InChI is InChI=1S/C31H32F2N2O7S2/c1-43(38,39)35-28-18-23(13-16-29(28)36)30(37)19-34-27(21-11-14-25(15-12-21)42-31(32)33)17-22-7-5-6-8-24(22)20-44(40,41)26-9-3-2-4-10-26/h2-16,18,27,30-31,34-37H,17,19-20H2,1H3/t27?,30-/m0/s1. The number of hydrogen-bond donors (Lipinski definition) is 4. The molecule has 44 heavy (non-hydrogen) atoms. The van der Waals surface area contributed by atoms with E-state index < -0.39 is 38.6 Å². The van der Waals surface area contributed by atoms with Crippen LogP contribution in [0.25, 0.3) is 0 Å². The van der Waals surface area contributed by atoms with Crippen molar-refractivity contribution in [1.82, 2.24) is 5.32 Å². The maximum Gasteiger partial charge on any atom is 0.387 e. The maximum absolute atomic E-state index is 13.2. The quantitative estimate of drug-likeness (QED) is 0.141. The number of benzene rings is 4. The fourth-order valence-electron chi connectivity index (χ4n) is 4.64. The smallest absolute Gasteiger partial charge is 0.387 e. The fourth-order valence-corrected chi connectivity index (χ4v) is 6.63. The number of alkyl halides is 2. The third-order valence-electron chi connectivity index (χ3n) is 6.76. The zero-order chi connectivity index (χ0) is 31.9. The lowest BCUT2D eigenvalue weighted by atomic mass is 9.95. The highest BCUT2D eigenvalue weighted by molar-refractivity contribution is 7.92. The summed E-state index contributed by atoms with van der Waals surface area (Å²) in [6.07, 6.45) is 0.0642. The van der Waals surface area contributed by atoms with Gasteiger partial charge in [-0.3, -0.25) is 4.72 Å². The molecular weight excluding hydrogens is 614 g/mol. The van der Waals surface area contributed by atoms with Crippen LogP contribution in [0.4, 0.5) is 14.5 Å². The molecule has 0 radical (unpaired) electrons. The third-order valence-corrected chi connectivity index (χ3v) is 9.03. The minimum absolute atomic E-state index is 0.0342. The van der Waals surface area contributed by atoms with E-state index in [1.54, 1.807) is 54.6 Å². The van der Waals surface area contributed by atoms with Crippen LogP contribution in [0.3, 0.4) is 0 Å². The van der Waals surface area contributed by atoms with Gasteiger partial charge in [0, 0.05) is 12.6 Å². The molecule has 1 unspecified atom stereocenters. The molecule has 0 saturated heterocycles. The molecule has 0 aromatic heterocycles. The summed E-state index contributed by atoms with van der Waals surface area (Å²) < 4.78 is 81.8. The Balaban J connectivity index is 1.60. The number of halogens is 2. The Morgan fingerprint density at radius 2 is 1.43 bits per heavy atom. The van der Waals surface area contributed by atoms with Crippen molar-refractivity contribution in [3.63, 3.8) is 0 Å². The van der Waals surface area contributed by atoms with Gasteiger partial charge in [0.15, 0.2) is 9.84 Å². The number of aliphatic hydroxyl groups excluding tert-OH is 1. The van der Waals surface area contributed by atoms with Crippen LogP contribution in [0, 0.1) is 0 Å². The number of aromatic hydroxyl groups is 1. The number of nitrogens with one attached hydrogen (secondary N) is 2. The van der Waals surface area contributed by atoms with Crippen LogP contribution in [-0.4, -0.2) is 46.5 Å². The van der Waals surface area contributed by atoms with Crippen LogP contribution in [0.5, 0.6) is 11.5 Å². The van der Waals surface area contributed by atoms with Gasteiger partial charge in [0.2, 0.25) is 10.0 Å². The molecule has 4 rings (SSSR count). The molecule has 4 aromatic rings. The molecule has 4 aromatic carbocycles. The van der Waals surface area contributed by atoms with Gasteiger partial charge in [-0.25, -0.2) is 16.8 Å². The minimum atomic E-state index is -3.69.